The number of hydrogen-bond acceptors (Lipinski definition) is 3. The number of aliphatic hydroxyl groups excluding tert-OH is 1. The second-order valence-corrected chi connectivity index (χ2v) is 4.79. The Bertz CT molecular complexity index is 406. The van der Waals surface area contributed by atoms with Crippen LogP contribution >= 0.6 is 0 Å². The van der Waals surface area contributed by atoms with Crippen LogP contribution < -0.4 is 5.32 Å². The van der Waals surface area contributed by atoms with Crippen molar-refractivity contribution in [1.82, 2.24) is 9.78 Å². The Hall–Kier alpha value is -1.36. The van der Waals surface area contributed by atoms with Gasteiger partial charge in [-0.25, -0.2) is 0 Å². The zero-order valence-electron chi connectivity index (χ0n) is 10.3. The number of aryl methyl sites for hydroxylation is 2. The standard InChI is InChI=1S/C12H19N3O2/c1-8-7-11(15(2)14-8)13-12(17)9-3-5-10(16)6-4-9/h7,9-10,16H,3-6H2,1-2H3,(H,13,17). The van der Waals surface area contributed by atoms with Crippen LogP contribution in [-0.2, 0) is 11.8 Å². The van der Waals surface area contributed by atoms with E-state index in [2.05, 4.69) is 10.4 Å². The van der Waals surface area contributed by atoms with Crippen LogP contribution in [-0.4, -0.2) is 26.9 Å². The minimum absolute atomic E-state index is 0.0219. The Kier molecular flexibility index (Phi) is 3.47. The highest BCUT2D eigenvalue weighted by Crippen LogP contribution is 2.25. The van der Waals surface area contributed by atoms with Gasteiger partial charge in [0.2, 0.25) is 5.91 Å². The summed E-state index contributed by atoms with van der Waals surface area (Å²) in [4.78, 5) is 12.0. The largest absolute Gasteiger partial charge is 0.393 e. The van der Waals surface area contributed by atoms with Crippen LogP contribution in [0.1, 0.15) is 31.4 Å². The molecule has 0 unspecified atom stereocenters. The van der Waals surface area contributed by atoms with Crippen LogP contribution in [0.3, 0.4) is 0 Å². The van der Waals surface area contributed by atoms with Crippen molar-refractivity contribution in [2.45, 2.75) is 38.7 Å². The molecule has 0 atom stereocenters. The number of carbonyl (C=O) groups excluding carboxylic acids is 1. The maximum absolute atomic E-state index is 12.0. The van der Waals surface area contributed by atoms with Gasteiger partial charge in [0.25, 0.3) is 0 Å². The molecule has 1 aromatic rings. The van der Waals surface area contributed by atoms with E-state index in [1.165, 1.54) is 0 Å². The topological polar surface area (TPSA) is 67.2 Å². The van der Waals surface area contributed by atoms with E-state index in [9.17, 15) is 9.90 Å². The van der Waals surface area contributed by atoms with Gasteiger partial charge in [0.1, 0.15) is 5.82 Å². The van der Waals surface area contributed by atoms with E-state index >= 15 is 0 Å². The first-order chi connectivity index (χ1) is 8.06. The number of nitrogens with one attached hydrogen (secondary N) is 1. The van der Waals surface area contributed by atoms with Crippen molar-refractivity contribution in [3.63, 3.8) is 0 Å². The van der Waals surface area contributed by atoms with Crippen LogP contribution in [0.25, 0.3) is 0 Å². The fourth-order valence-electron chi connectivity index (χ4n) is 2.29. The van der Waals surface area contributed by atoms with Gasteiger partial charge < -0.3 is 10.4 Å². The maximum Gasteiger partial charge on any atom is 0.228 e. The molecule has 1 saturated carbocycles. The third-order valence-electron chi connectivity index (χ3n) is 3.32. The lowest BCUT2D eigenvalue weighted by molar-refractivity contribution is -0.121. The fourth-order valence-corrected chi connectivity index (χ4v) is 2.29. The molecule has 0 spiro atoms. The lowest BCUT2D eigenvalue weighted by Gasteiger charge is -2.24. The quantitative estimate of drug-likeness (QED) is 0.812. The Morgan fingerprint density at radius 1 is 1.47 bits per heavy atom. The van der Waals surface area contributed by atoms with Crippen molar-refractivity contribution in [1.29, 1.82) is 0 Å². The van der Waals surface area contributed by atoms with Crippen molar-refractivity contribution < 1.29 is 9.90 Å². The number of carbonyl (C=O) groups is 1. The second-order valence-electron chi connectivity index (χ2n) is 4.79. The summed E-state index contributed by atoms with van der Waals surface area (Å²) in [5.41, 5.74) is 0.891. The maximum atomic E-state index is 12.0. The highest BCUT2D eigenvalue weighted by atomic mass is 16.3. The number of anilines is 1. The van der Waals surface area contributed by atoms with Crippen LogP contribution in [0.4, 0.5) is 5.82 Å². The van der Waals surface area contributed by atoms with Gasteiger partial charge in [-0.3, -0.25) is 9.48 Å². The lowest BCUT2D eigenvalue weighted by Crippen LogP contribution is -2.29. The minimum atomic E-state index is -0.224. The molecule has 0 bridgehead atoms. The molecular weight excluding hydrogens is 218 g/mol. The molecule has 2 N–H and O–H groups in total. The Labute approximate surface area is 101 Å². The number of hydrogen-bond donors (Lipinski definition) is 2. The third-order valence-corrected chi connectivity index (χ3v) is 3.32. The van der Waals surface area contributed by atoms with Gasteiger partial charge in [-0.15, -0.1) is 0 Å². The monoisotopic (exact) mass is 237 g/mol. The van der Waals surface area contributed by atoms with E-state index in [0.29, 0.717) is 0 Å². The summed E-state index contributed by atoms with van der Waals surface area (Å²) in [7, 11) is 1.81. The average molecular weight is 237 g/mol. The summed E-state index contributed by atoms with van der Waals surface area (Å²) >= 11 is 0. The van der Waals surface area contributed by atoms with E-state index in [1.54, 1.807) is 4.68 Å². The molecule has 0 aliphatic heterocycles. The number of nitrogens with zero attached hydrogens (tertiary/aromatic N) is 2. The first-order valence-corrected chi connectivity index (χ1v) is 6.06. The average Bonchev–Trinajstić information content (AvgIpc) is 2.58. The van der Waals surface area contributed by atoms with E-state index in [4.69, 9.17) is 0 Å². The molecule has 0 aromatic carbocycles. The molecule has 94 valence electrons. The Morgan fingerprint density at radius 2 is 2.12 bits per heavy atom. The van der Waals surface area contributed by atoms with E-state index in [-0.39, 0.29) is 17.9 Å². The summed E-state index contributed by atoms with van der Waals surface area (Å²) in [6.07, 6.45) is 2.76. The Morgan fingerprint density at radius 3 is 2.65 bits per heavy atom. The molecule has 1 aromatic heterocycles. The van der Waals surface area contributed by atoms with Crippen molar-refractivity contribution in [2.75, 3.05) is 5.32 Å². The third kappa shape index (κ3) is 2.85. The minimum Gasteiger partial charge on any atom is -0.393 e. The smallest absolute Gasteiger partial charge is 0.228 e. The van der Waals surface area contributed by atoms with Crippen LogP contribution in [0.5, 0.6) is 0 Å². The number of aliphatic hydroxyl groups is 1. The van der Waals surface area contributed by atoms with Gasteiger partial charge >= 0.3 is 0 Å². The zero-order chi connectivity index (χ0) is 12.4. The number of aromatic nitrogens is 2. The normalized spacial score (nSPS) is 24.6. The van der Waals surface area contributed by atoms with Gasteiger partial charge in [0.15, 0.2) is 0 Å². The molecule has 5 nitrogen and oxygen atoms in total. The van der Waals surface area contributed by atoms with Crippen molar-refractivity contribution in [3.05, 3.63) is 11.8 Å². The van der Waals surface area contributed by atoms with Gasteiger partial charge in [0.05, 0.1) is 11.8 Å². The SMILES string of the molecule is Cc1cc(NC(=O)C2CCC(O)CC2)n(C)n1. The molecule has 2 rings (SSSR count). The van der Waals surface area contributed by atoms with Crippen molar-refractivity contribution in [3.8, 4) is 0 Å². The van der Waals surface area contributed by atoms with Crippen LogP contribution in [0.2, 0.25) is 0 Å². The van der Waals surface area contributed by atoms with Crippen molar-refractivity contribution >= 4 is 11.7 Å². The highest BCUT2D eigenvalue weighted by Gasteiger charge is 2.25. The van der Waals surface area contributed by atoms with Gasteiger partial charge in [-0.1, -0.05) is 0 Å². The molecule has 0 saturated heterocycles. The molecule has 5 heteroatoms. The summed E-state index contributed by atoms with van der Waals surface area (Å²) < 4.78 is 1.67. The van der Waals surface area contributed by atoms with Crippen LogP contribution in [0, 0.1) is 12.8 Å². The van der Waals surface area contributed by atoms with Gasteiger partial charge in [-0.2, -0.15) is 5.10 Å². The van der Waals surface area contributed by atoms with Crippen LogP contribution in [0.15, 0.2) is 6.07 Å². The second kappa shape index (κ2) is 4.87. The Balaban J connectivity index is 1.95. The van der Waals surface area contributed by atoms with E-state index in [1.807, 2.05) is 20.0 Å². The molecule has 1 amide bonds. The zero-order valence-corrected chi connectivity index (χ0v) is 10.3. The first kappa shape index (κ1) is 12.1. The predicted molar refractivity (Wildman–Crippen MR) is 64.5 cm³/mol. The summed E-state index contributed by atoms with van der Waals surface area (Å²) in [5, 5.41) is 16.5. The molecule has 17 heavy (non-hydrogen) atoms. The van der Waals surface area contributed by atoms with Gasteiger partial charge in [0, 0.05) is 19.0 Å². The molecule has 0 radical (unpaired) electrons. The van der Waals surface area contributed by atoms with Crippen molar-refractivity contribution in [2.24, 2.45) is 13.0 Å². The lowest BCUT2D eigenvalue weighted by atomic mass is 9.87. The molecule has 1 heterocycles. The summed E-state index contributed by atoms with van der Waals surface area (Å²) in [5.74, 6) is 0.798. The molecule has 1 aliphatic carbocycles. The summed E-state index contributed by atoms with van der Waals surface area (Å²) in [6, 6.07) is 1.86. The molecular formula is C12H19N3O2. The predicted octanol–water partition coefficient (Wildman–Crippen LogP) is 1.22. The van der Waals surface area contributed by atoms with E-state index < -0.39 is 0 Å². The highest BCUT2D eigenvalue weighted by molar-refractivity contribution is 5.91. The molecule has 1 fully saturated rings. The number of amides is 1. The molecule has 1 aliphatic rings. The first-order valence-electron chi connectivity index (χ1n) is 6.06. The number of rotatable bonds is 2. The van der Waals surface area contributed by atoms with Gasteiger partial charge in [-0.05, 0) is 32.6 Å². The van der Waals surface area contributed by atoms with E-state index in [0.717, 1.165) is 37.2 Å². The fraction of sp³-hybridized carbons (Fsp3) is 0.667. The summed E-state index contributed by atoms with van der Waals surface area (Å²) in [6.45, 7) is 1.90.